The van der Waals surface area contributed by atoms with E-state index in [0.717, 1.165) is 19.6 Å². The number of aliphatic carboxylic acids is 1. The Balaban J connectivity index is 2.07. The summed E-state index contributed by atoms with van der Waals surface area (Å²) in [4.78, 5) is 25.9. The van der Waals surface area contributed by atoms with Gasteiger partial charge in [0.15, 0.2) is 5.75 Å². The molecule has 0 atom stereocenters. The number of pyridine rings is 1. The van der Waals surface area contributed by atoms with Crippen molar-refractivity contribution in [1.82, 2.24) is 9.47 Å². The second kappa shape index (κ2) is 6.30. The second-order valence-corrected chi connectivity index (χ2v) is 5.81. The van der Waals surface area contributed by atoms with Crippen molar-refractivity contribution in [2.75, 3.05) is 26.2 Å². The van der Waals surface area contributed by atoms with Crippen LogP contribution < -0.4 is 10.3 Å². The molecular formula is C15H22N2O4. The van der Waals surface area contributed by atoms with Gasteiger partial charge in [-0.25, -0.2) is 4.79 Å². The molecule has 21 heavy (non-hydrogen) atoms. The van der Waals surface area contributed by atoms with Crippen LogP contribution in [0.2, 0.25) is 0 Å². The first kappa shape index (κ1) is 15.6. The van der Waals surface area contributed by atoms with Crippen LogP contribution in [0.1, 0.15) is 26.7 Å². The fourth-order valence-corrected chi connectivity index (χ4v) is 2.42. The van der Waals surface area contributed by atoms with Crippen molar-refractivity contribution in [1.29, 1.82) is 0 Å². The van der Waals surface area contributed by atoms with E-state index in [1.807, 2.05) is 0 Å². The molecule has 2 heterocycles. The zero-order chi connectivity index (χ0) is 15.5. The smallest absolute Gasteiger partial charge is 0.329 e. The standard InChI is InChI=1S/C15H22N2O4/c1-15(2,14(19)20)17-9-5-6-12(13(17)18)21-11-10-16-7-3-4-8-16/h5-6,9H,3-4,7-8,10-11H2,1-2H3,(H,19,20). The molecule has 0 spiro atoms. The summed E-state index contributed by atoms with van der Waals surface area (Å²) in [6.07, 6.45) is 3.90. The van der Waals surface area contributed by atoms with Crippen LogP contribution >= 0.6 is 0 Å². The highest BCUT2D eigenvalue weighted by atomic mass is 16.5. The average Bonchev–Trinajstić information content (AvgIpc) is 2.93. The molecule has 116 valence electrons. The van der Waals surface area contributed by atoms with Gasteiger partial charge in [0.2, 0.25) is 0 Å². The molecule has 0 aliphatic carbocycles. The van der Waals surface area contributed by atoms with Crippen LogP contribution in [0.3, 0.4) is 0 Å². The van der Waals surface area contributed by atoms with E-state index in [0.29, 0.717) is 6.61 Å². The van der Waals surface area contributed by atoms with Gasteiger partial charge < -0.3 is 9.84 Å². The summed E-state index contributed by atoms with van der Waals surface area (Å²) in [6.45, 7) is 6.36. The first-order valence-corrected chi connectivity index (χ1v) is 7.23. The molecule has 1 aliphatic heterocycles. The molecule has 0 amide bonds. The summed E-state index contributed by atoms with van der Waals surface area (Å²) < 4.78 is 6.74. The number of hydrogen-bond acceptors (Lipinski definition) is 4. The highest BCUT2D eigenvalue weighted by Crippen LogP contribution is 2.15. The number of nitrogens with zero attached hydrogens (tertiary/aromatic N) is 2. The van der Waals surface area contributed by atoms with Gasteiger partial charge in [0.1, 0.15) is 12.1 Å². The number of rotatable bonds is 6. The van der Waals surface area contributed by atoms with Gasteiger partial charge >= 0.3 is 5.97 Å². The molecule has 1 aromatic heterocycles. The zero-order valence-electron chi connectivity index (χ0n) is 12.5. The van der Waals surface area contributed by atoms with E-state index >= 15 is 0 Å². The molecule has 0 unspecified atom stereocenters. The summed E-state index contributed by atoms with van der Waals surface area (Å²) in [5.41, 5.74) is -1.71. The third-order valence-corrected chi connectivity index (χ3v) is 3.90. The van der Waals surface area contributed by atoms with Crippen molar-refractivity contribution in [2.45, 2.75) is 32.2 Å². The van der Waals surface area contributed by atoms with Gasteiger partial charge in [0.05, 0.1) is 0 Å². The number of aromatic nitrogens is 1. The molecule has 0 bridgehead atoms. The van der Waals surface area contributed by atoms with Gasteiger partial charge in [0, 0.05) is 12.7 Å². The van der Waals surface area contributed by atoms with Crippen LogP contribution in [-0.4, -0.2) is 46.8 Å². The Hall–Kier alpha value is -1.82. The quantitative estimate of drug-likeness (QED) is 0.852. The Kier molecular flexibility index (Phi) is 4.67. The molecule has 1 N–H and O–H groups in total. The molecule has 1 fully saturated rings. The number of ether oxygens (including phenoxy) is 1. The summed E-state index contributed by atoms with van der Waals surface area (Å²) in [6, 6.07) is 3.22. The number of carboxylic acid groups (broad SMARTS) is 1. The molecule has 1 saturated heterocycles. The Bertz CT molecular complexity index is 559. The number of carbonyl (C=O) groups is 1. The minimum Gasteiger partial charge on any atom is -0.487 e. The summed E-state index contributed by atoms with van der Waals surface area (Å²) in [5.74, 6) is -0.857. The number of hydrogen-bond donors (Lipinski definition) is 1. The van der Waals surface area contributed by atoms with Gasteiger partial charge in [-0.15, -0.1) is 0 Å². The van der Waals surface area contributed by atoms with Crippen molar-refractivity contribution in [2.24, 2.45) is 0 Å². The first-order chi connectivity index (χ1) is 9.93. The van der Waals surface area contributed by atoms with E-state index in [9.17, 15) is 14.7 Å². The highest BCUT2D eigenvalue weighted by molar-refractivity contribution is 5.75. The van der Waals surface area contributed by atoms with Crippen molar-refractivity contribution in [3.8, 4) is 5.75 Å². The Morgan fingerprint density at radius 1 is 1.38 bits per heavy atom. The molecule has 0 radical (unpaired) electrons. The summed E-state index contributed by atoms with van der Waals surface area (Å²) in [5, 5.41) is 9.22. The van der Waals surface area contributed by atoms with Gasteiger partial charge in [-0.2, -0.15) is 0 Å². The SMILES string of the molecule is CC(C)(C(=O)O)n1cccc(OCCN2CCCC2)c1=O. The predicted molar refractivity (Wildman–Crippen MR) is 78.8 cm³/mol. The largest absolute Gasteiger partial charge is 0.487 e. The Morgan fingerprint density at radius 3 is 2.67 bits per heavy atom. The fourth-order valence-electron chi connectivity index (χ4n) is 2.42. The van der Waals surface area contributed by atoms with Gasteiger partial charge in [0.25, 0.3) is 5.56 Å². The van der Waals surface area contributed by atoms with Crippen LogP contribution in [0.5, 0.6) is 5.75 Å². The van der Waals surface area contributed by atoms with Crippen molar-refractivity contribution < 1.29 is 14.6 Å². The van der Waals surface area contributed by atoms with Crippen molar-refractivity contribution in [3.05, 3.63) is 28.7 Å². The normalized spacial score (nSPS) is 16.1. The first-order valence-electron chi connectivity index (χ1n) is 7.23. The van der Waals surface area contributed by atoms with E-state index in [-0.39, 0.29) is 5.75 Å². The maximum Gasteiger partial charge on any atom is 0.329 e. The molecule has 2 rings (SSSR count). The van der Waals surface area contributed by atoms with Crippen LogP contribution in [0, 0.1) is 0 Å². The lowest BCUT2D eigenvalue weighted by Crippen LogP contribution is -2.42. The third-order valence-electron chi connectivity index (χ3n) is 3.90. The molecule has 1 aliphatic rings. The van der Waals surface area contributed by atoms with Gasteiger partial charge in [-0.3, -0.25) is 14.3 Å². The van der Waals surface area contributed by atoms with Crippen molar-refractivity contribution in [3.63, 3.8) is 0 Å². The fraction of sp³-hybridized carbons (Fsp3) is 0.600. The summed E-state index contributed by atoms with van der Waals surface area (Å²) >= 11 is 0. The lowest BCUT2D eigenvalue weighted by Gasteiger charge is -2.23. The second-order valence-electron chi connectivity index (χ2n) is 5.81. The molecule has 0 saturated carbocycles. The van der Waals surface area contributed by atoms with E-state index < -0.39 is 17.1 Å². The maximum absolute atomic E-state index is 12.3. The molecule has 0 aromatic carbocycles. The van der Waals surface area contributed by atoms with Crippen molar-refractivity contribution >= 4 is 5.97 Å². The lowest BCUT2D eigenvalue weighted by atomic mass is 10.1. The third kappa shape index (κ3) is 3.44. The number of carboxylic acids is 1. The topological polar surface area (TPSA) is 71.8 Å². The minimum absolute atomic E-state index is 0.200. The minimum atomic E-state index is -1.30. The van der Waals surface area contributed by atoms with Crippen LogP contribution in [0.15, 0.2) is 23.1 Å². The molecule has 6 heteroatoms. The van der Waals surface area contributed by atoms with Gasteiger partial charge in [-0.05, 0) is 51.9 Å². The van der Waals surface area contributed by atoms with E-state index in [4.69, 9.17) is 4.74 Å². The monoisotopic (exact) mass is 294 g/mol. The van der Waals surface area contributed by atoms with Crippen LogP contribution in [0.25, 0.3) is 0 Å². The van der Waals surface area contributed by atoms with Gasteiger partial charge in [-0.1, -0.05) is 0 Å². The van der Waals surface area contributed by atoms with E-state index in [2.05, 4.69) is 4.90 Å². The summed E-state index contributed by atoms with van der Waals surface area (Å²) in [7, 11) is 0. The highest BCUT2D eigenvalue weighted by Gasteiger charge is 2.30. The Morgan fingerprint density at radius 2 is 2.05 bits per heavy atom. The van der Waals surface area contributed by atoms with Crippen LogP contribution in [-0.2, 0) is 10.3 Å². The average molecular weight is 294 g/mol. The van der Waals surface area contributed by atoms with Crippen LogP contribution in [0.4, 0.5) is 0 Å². The molecule has 6 nitrogen and oxygen atoms in total. The van der Waals surface area contributed by atoms with E-state index in [1.54, 1.807) is 12.1 Å². The Labute approximate surface area is 123 Å². The number of likely N-dealkylation sites (tertiary alicyclic amines) is 1. The zero-order valence-corrected chi connectivity index (χ0v) is 12.5. The molecule has 1 aromatic rings. The molecular weight excluding hydrogens is 272 g/mol. The predicted octanol–water partition coefficient (Wildman–Crippen LogP) is 1.14. The van der Waals surface area contributed by atoms with E-state index in [1.165, 1.54) is 37.5 Å². The lowest BCUT2D eigenvalue weighted by molar-refractivity contribution is -0.145. The maximum atomic E-state index is 12.3.